The van der Waals surface area contributed by atoms with E-state index in [0.717, 1.165) is 17.1 Å². The normalized spacial score (nSPS) is 11.2. The molecule has 0 saturated carbocycles. The smallest absolute Gasteiger partial charge is 0.271 e. The molecule has 6 nitrogen and oxygen atoms in total. The summed E-state index contributed by atoms with van der Waals surface area (Å²) in [6.07, 6.45) is 3.93. The number of methoxy groups -OCH3 is 1. The number of benzene rings is 2. The van der Waals surface area contributed by atoms with Crippen LogP contribution in [0.2, 0.25) is 0 Å². The first kappa shape index (κ1) is 16.4. The van der Waals surface area contributed by atoms with Gasteiger partial charge in [0.1, 0.15) is 11.6 Å². The number of aromatic nitrogens is 2. The van der Waals surface area contributed by atoms with E-state index in [9.17, 15) is 4.79 Å². The number of hydrogen-bond acceptors (Lipinski definition) is 4. The Morgan fingerprint density at radius 1 is 1.12 bits per heavy atom. The number of hydrogen-bond donors (Lipinski definition) is 2. The van der Waals surface area contributed by atoms with Gasteiger partial charge in [0, 0.05) is 18.0 Å². The molecule has 3 rings (SSSR count). The quantitative estimate of drug-likeness (QED) is 0.537. The molecule has 0 spiro atoms. The largest absolute Gasteiger partial charge is 0.497 e. The van der Waals surface area contributed by atoms with E-state index >= 15 is 0 Å². The maximum absolute atomic E-state index is 12.3. The SMILES string of the molecule is COc1ccc(C(=O)NN=C(Cc2ncc[nH]2)c2ccccc2)cc1. The van der Waals surface area contributed by atoms with Crippen molar-refractivity contribution >= 4 is 11.6 Å². The fourth-order valence-electron chi connectivity index (χ4n) is 2.32. The molecule has 0 saturated heterocycles. The van der Waals surface area contributed by atoms with E-state index in [0.29, 0.717) is 17.7 Å². The zero-order chi connectivity index (χ0) is 17.5. The van der Waals surface area contributed by atoms with Crippen LogP contribution < -0.4 is 10.2 Å². The molecule has 3 aromatic rings. The maximum Gasteiger partial charge on any atom is 0.271 e. The lowest BCUT2D eigenvalue weighted by Crippen LogP contribution is -2.21. The van der Waals surface area contributed by atoms with Crippen LogP contribution in [0, 0.1) is 0 Å². The summed E-state index contributed by atoms with van der Waals surface area (Å²) >= 11 is 0. The molecule has 0 aliphatic carbocycles. The van der Waals surface area contributed by atoms with Gasteiger partial charge < -0.3 is 9.72 Å². The highest BCUT2D eigenvalue weighted by Gasteiger charge is 2.09. The summed E-state index contributed by atoms with van der Waals surface area (Å²) in [4.78, 5) is 19.6. The second kappa shape index (κ2) is 7.92. The summed E-state index contributed by atoms with van der Waals surface area (Å²) in [5.41, 5.74) is 4.77. The Balaban J connectivity index is 1.78. The van der Waals surface area contributed by atoms with Crippen LogP contribution in [0.3, 0.4) is 0 Å². The fraction of sp³-hybridized carbons (Fsp3) is 0.105. The third kappa shape index (κ3) is 4.32. The Kier molecular flexibility index (Phi) is 5.21. The molecule has 1 amide bonds. The highest BCUT2D eigenvalue weighted by Crippen LogP contribution is 2.11. The van der Waals surface area contributed by atoms with Crippen molar-refractivity contribution in [2.24, 2.45) is 5.10 Å². The van der Waals surface area contributed by atoms with Crippen molar-refractivity contribution in [2.75, 3.05) is 7.11 Å². The molecule has 0 radical (unpaired) electrons. The van der Waals surface area contributed by atoms with Crippen LogP contribution in [0.25, 0.3) is 0 Å². The monoisotopic (exact) mass is 334 g/mol. The van der Waals surface area contributed by atoms with E-state index in [-0.39, 0.29) is 5.91 Å². The number of nitrogens with zero attached hydrogens (tertiary/aromatic N) is 2. The van der Waals surface area contributed by atoms with Crippen molar-refractivity contribution in [3.8, 4) is 5.75 Å². The van der Waals surface area contributed by atoms with Crippen LogP contribution >= 0.6 is 0 Å². The molecule has 2 N–H and O–H groups in total. The molecule has 0 fully saturated rings. The van der Waals surface area contributed by atoms with Crippen molar-refractivity contribution in [3.05, 3.63) is 83.9 Å². The van der Waals surface area contributed by atoms with Gasteiger partial charge in [0.2, 0.25) is 0 Å². The minimum absolute atomic E-state index is 0.282. The Bertz CT molecular complexity index is 841. The molecule has 2 aromatic carbocycles. The number of amides is 1. The number of ether oxygens (including phenoxy) is 1. The molecular weight excluding hydrogens is 316 g/mol. The van der Waals surface area contributed by atoms with Crippen molar-refractivity contribution < 1.29 is 9.53 Å². The lowest BCUT2D eigenvalue weighted by Gasteiger charge is -2.07. The number of nitrogens with one attached hydrogen (secondary N) is 2. The molecule has 0 aliphatic rings. The van der Waals surface area contributed by atoms with E-state index in [2.05, 4.69) is 20.5 Å². The average molecular weight is 334 g/mol. The third-order valence-corrected chi connectivity index (χ3v) is 3.64. The van der Waals surface area contributed by atoms with Crippen LogP contribution in [0.4, 0.5) is 0 Å². The second-order valence-electron chi connectivity index (χ2n) is 5.31. The van der Waals surface area contributed by atoms with E-state index < -0.39 is 0 Å². The molecule has 0 atom stereocenters. The second-order valence-corrected chi connectivity index (χ2v) is 5.31. The summed E-state index contributed by atoms with van der Waals surface area (Å²) in [6.45, 7) is 0. The Morgan fingerprint density at radius 2 is 1.88 bits per heavy atom. The van der Waals surface area contributed by atoms with E-state index in [1.165, 1.54) is 0 Å². The maximum atomic E-state index is 12.3. The molecule has 0 bridgehead atoms. The molecule has 1 heterocycles. The third-order valence-electron chi connectivity index (χ3n) is 3.64. The summed E-state index contributed by atoms with van der Waals surface area (Å²) in [5, 5.41) is 4.31. The standard InChI is InChI=1S/C19H18N4O2/c1-25-16-9-7-15(8-10-16)19(24)23-22-17(13-18-20-11-12-21-18)14-5-3-2-4-6-14/h2-12H,13H2,1H3,(H,20,21)(H,23,24). The summed E-state index contributed by atoms with van der Waals surface area (Å²) in [5.74, 6) is 1.19. The summed E-state index contributed by atoms with van der Waals surface area (Å²) in [7, 11) is 1.58. The zero-order valence-corrected chi connectivity index (χ0v) is 13.8. The van der Waals surface area contributed by atoms with Gasteiger partial charge in [0.25, 0.3) is 5.91 Å². The molecular formula is C19H18N4O2. The van der Waals surface area contributed by atoms with Crippen LogP contribution in [0.1, 0.15) is 21.7 Å². The molecule has 25 heavy (non-hydrogen) atoms. The van der Waals surface area contributed by atoms with Crippen molar-refractivity contribution in [3.63, 3.8) is 0 Å². The molecule has 0 unspecified atom stereocenters. The van der Waals surface area contributed by atoms with Gasteiger partial charge in [-0.15, -0.1) is 0 Å². The van der Waals surface area contributed by atoms with Gasteiger partial charge in [0.05, 0.1) is 19.2 Å². The van der Waals surface area contributed by atoms with Gasteiger partial charge in [-0.25, -0.2) is 10.4 Å². The average Bonchev–Trinajstić information content (AvgIpc) is 3.19. The highest BCUT2D eigenvalue weighted by atomic mass is 16.5. The van der Waals surface area contributed by atoms with E-state index in [4.69, 9.17) is 4.74 Å². The van der Waals surface area contributed by atoms with Gasteiger partial charge in [-0.05, 0) is 29.8 Å². The number of carbonyl (C=O) groups excluding carboxylic acids is 1. The van der Waals surface area contributed by atoms with Gasteiger partial charge in [0.15, 0.2) is 0 Å². The molecule has 126 valence electrons. The Hall–Kier alpha value is -3.41. The molecule has 6 heteroatoms. The van der Waals surface area contributed by atoms with Gasteiger partial charge in [-0.1, -0.05) is 30.3 Å². The lowest BCUT2D eigenvalue weighted by molar-refractivity contribution is 0.0954. The fourth-order valence-corrected chi connectivity index (χ4v) is 2.32. The molecule has 1 aromatic heterocycles. The number of imidazole rings is 1. The number of rotatable bonds is 6. The highest BCUT2D eigenvalue weighted by molar-refractivity contribution is 6.03. The van der Waals surface area contributed by atoms with Crippen LogP contribution in [0.5, 0.6) is 5.75 Å². The Labute approximate surface area is 145 Å². The van der Waals surface area contributed by atoms with Crippen molar-refractivity contribution in [1.29, 1.82) is 0 Å². The number of hydrazone groups is 1. The van der Waals surface area contributed by atoms with Crippen molar-refractivity contribution in [1.82, 2.24) is 15.4 Å². The minimum Gasteiger partial charge on any atom is -0.497 e. The number of carbonyl (C=O) groups is 1. The predicted octanol–water partition coefficient (Wildman–Crippen LogP) is 2.80. The predicted molar refractivity (Wildman–Crippen MR) is 95.7 cm³/mol. The topological polar surface area (TPSA) is 79.4 Å². The van der Waals surface area contributed by atoms with E-state index in [1.54, 1.807) is 43.8 Å². The van der Waals surface area contributed by atoms with Crippen molar-refractivity contribution in [2.45, 2.75) is 6.42 Å². The first-order chi connectivity index (χ1) is 12.3. The van der Waals surface area contributed by atoms with E-state index in [1.807, 2.05) is 30.3 Å². The Morgan fingerprint density at radius 3 is 2.52 bits per heavy atom. The summed E-state index contributed by atoms with van der Waals surface area (Å²) in [6, 6.07) is 16.5. The van der Waals surface area contributed by atoms with Crippen LogP contribution in [-0.2, 0) is 6.42 Å². The minimum atomic E-state index is -0.282. The lowest BCUT2D eigenvalue weighted by atomic mass is 10.1. The van der Waals surface area contributed by atoms with Gasteiger partial charge >= 0.3 is 0 Å². The molecule has 0 aliphatic heterocycles. The van der Waals surface area contributed by atoms with Crippen LogP contribution in [0.15, 0.2) is 72.1 Å². The first-order valence-corrected chi connectivity index (χ1v) is 7.81. The zero-order valence-electron chi connectivity index (χ0n) is 13.8. The first-order valence-electron chi connectivity index (χ1n) is 7.81. The number of aromatic amines is 1. The summed E-state index contributed by atoms with van der Waals surface area (Å²) < 4.78 is 5.09. The van der Waals surface area contributed by atoms with Crippen LogP contribution in [-0.4, -0.2) is 28.7 Å². The van der Waals surface area contributed by atoms with Gasteiger partial charge in [-0.3, -0.25) is 4.79 Å². The number of H-pyrrole nitrogens is 1. The van der Waals surface area contributed by atoms with Gasteiger partial charge in [-0.2, -0.15) is 5.10 Å².